The second kappa shape index (κ2) is 7.84. The van der Waals surface area contributed by atoms with E-state index in [9.17, 15) is 9.59 Å². The zero-order valence-corrected chi connectivity index (χ0v) is 13.4. The lowest BCUT2D eigenvalue weighted by Gasteiger charge is -2.29. The summed E-state index contributed by atoms with van der Waals surface area (Å²) < 4.78 is 0. The Bertz CT molecular complexity index is 368. The molecule has 0 radical (unpaired) electrons. The normalized spacial score (nSPS) is 21.0. The van der Waals surface area contributed by atoms with Crippen LogP contribution >= 0.6 is 12.4 Å². The molecule has 0 aliphatic heterocycles. The fourth-order valence-electron chi connectivity index (χ4n) is 2.88. The van der Waals surface area contributed by atoms with Crippen LogP contribution in [0.3, 0.4) is 0 Å². The van der Waals surface area contributed by atoms with Gasteiger partial charge in [-0.25, -0.2) is 4.79 Å². The summed E-state index contributed by atoms with van der Waals surface area (Å²) in [4.78, 5) is 24.2. The molecule has 0 spiro atoms. The molecule has 2 aliphatic rings. The van der Waals surface area contributed by atoms with Crippen molar-refractivity contribution in [2.24, 2.45) is 11.7 Å². The first-order valence-corrected chi connectivity index (χ1v) is 7.67. The summed E-state index contributed by atoms with van der Waals surface area (Å²) in [5, 5.41) is 8.48. The Morgan fingerprint density at radius 2 is 1.86 bits per heavy atom. The Morgan fingerprint density at radius 3 is 2.38 bits per heavy atom. The summed E-state index contributed by atoms with van der Waals surface area (Å²) in [6.45, 7) is 2.91. The van der Waals surface area contributed by atoms with Crippen LogP contribution in [-0.4, -0.2) is 36.6 Å². The zero-order valence-electron chi connectivity index (χ0n) is 12.6. The Balaban J connectivity index is 0.00000220. The van der Waals surface area contributed by atoms with Gasteiger partial charge in [-0.1, -0.05) is 12.8 Å². The van der Waals surface area contributed by atoms with Gasteiger partial charge in [0.25, 0.3) is 0 Å². The molecule has 0 bridgehead atoms. The highest BCUT2D eigenvalue weighted by atomic mass is 35.5. The predicted molar refractivity (Wildman–Crippen MR) is 84.4 cm³/mol. The highest BCUT2D eigenvalue weighted by molar-refractivity contribution is 5.91. The van der Waals surface area contributed by atoms with Crippen molar-refractivity contribution in [2.75, 3.05) is 13.1 Å². The molecule has 2 saturated carbocycles. The van der Waals surface area contributed by atoms with E-state index in [0.717, 1.165) is 12.8 Å². The molecule has 5 N–H and O–H groups in total. The van der Waals surface area contributed by atoms with Gasteiger partial charge >= 0.3 is 6.03 Å². The Labute approximate surface area is 132 Å². The molecule has 7 heteroatoms. The van der Waals surface area contributed by atoms with E-state index in [1.54, 1.807) is 0 Å². The van der Waals surface area contributed by atoms with Crippen LogP contribution in [0.4, 0.5) is 4.79 Å². The first kappa shape index (κ1) is 18.0. The fourth-order valence-corrected chi connectivity index (χ4v) is 2.88. The Morgan fingerprint density at radius 1 is 1.24 bits per heavy atom. The van der Waals surface area contributed by atoms with E-state index in [1.807, 2.05) is 6.92 Å². The number of nitrogens with two attached hydrogens (primary N) is 1. The van der Waals surface area contributed by atoms with Crippen molar-refractivity contribution in [3.8, 4) is 0 Å². The molecule has 0 aromatic carbocycles. The second-order valence-electron chi connectivity index (χ2n) is 5.98. The number of hydrogen-bond donors (Lipinski definition) is 4. The molecular formula is C14H27ClN4O2. The molecule has 0 heterocycles. The van der Waals surface area contributed by atoms with Crippen molar-refractivity contribution in [3.05, 3.63) is 0 Å². The van der Waals surface area contributed by atoms with Gasteiger partial charge < -0.3 is 21.7 Å². The molecule has 2 rings (SSSR count). The molecule has 122 valence electrons. The van der Waals surface area contributed by atoms with E-state index >= 15 is 0 Å². The van der Waals surface area contributed by atoms with Crippen LogP contribution in [0.15, 0.2) is 0 Å². The van der Waals surface area contributed by atoms with Gasteiger partial charge in [0, 0.05) is 19.1 Å². The smallest absolute Gasteiger partial charge is 0.315 e. The molecule has 0 saturated heterocycles. The molecule has 21 heavy (non-hydrogen) atoms. The van der Waals surface area contributed by atoms with E-state index in [1.165, 1.54) is 12.8 Å². The standard InChI is InChI=1S/C14H26N4O2.ClH/c1-2-16-13(20)18-14(7-3-4-8-14)12(19)17-9-11(15)10-5-6-10;/h10-11H,2-9,15H2,1H3,(H,17,19)(H2,16,18,20);1H. The third-order valence-electron chi connectivity index (χ3n) is 4.31. The molecule has 3 amide bonds. The van der Waals surface area contributed by atoms with E-state index in [-0.39, 0.29) is 30.4 Å². The number of urea groups is 1. The monoisotopic (exact) mass is 318 g/mol. The maximum atomic E-state index is 12.4. The van der Waals surface area contributed by atoms with Gasteiger partial charge in [0.05, 0.1) is 0 Å². The topological polar surface area (TPSA) is 96.2 Å². The van der Waals surface area contributed by atoms with Gasteiger partial charge in [0.1, 0.15) is 5.54 Å². The van der Waals surface area contributed by atoms with Crippen molar-refractivity contribution < 1.29 is 9.59 Å². The highest BCUT2D eigenvalue weighted by Crippen LogP contribution is 2.32. The summed E-state index contributed by atoms with van der Waals surface area (Å²) in [6.07, 6.45) is 5.67. The van der Waals surface area contributed by atoms with Crippen LogP contribution in [0.5, 0.6) is 0 Å². The molecule has 0 aromatic rings. The molecule has 1 atom stereocenters. The van der Waals surface area contributed by atoms with Crippen LogP contribution < -0.4 is 21.7 Å². The van der Waals surface area contributed by atoms with E-state index in [2.05, 4.69) is 16.0 Å². The first-order valence-electron chi connectivity index (χ1n) is 7.67. The van der Waals surface area contributed by atoms with Crippen LogP contribution in [0, 0.1) is 5.92 Å². The van der Waals surface area contributed by atoms with Crippen LogP contribution in [0.2, 0.25) is 0 Å². The van der Waals surface area contributed by atoms with E-state index in [0.29, 0.717) is 31.8 Å². The zero-order chi connectivity index (χ0) is 14.6. The number of rotatable bonds is 6. The lowest BCUT2D eigenvalue weighted by atomic mass is 9.96. The van der Waals surface area contributed by atoms with Crippen molar-refractivity contribution >= 4 is 24.3 Å². The van der Waals surface area contributed by atoms with Gasteiger partial charge in [0.2, 0.25) is 5.91 Å². The Kier molecular flexibility index (Phi) is 6.74. The van der Waals surface area contributed by atoms with Gasteiger partial charge in [0.15, 0.2) is 0 Å². The fraction of sp³-hybridized carbons (Fsp3) is 0.857. The van der Waals surface area contributed by atoms with Crippen molar-refractivity contribution in [3.63, 3.8) is 0 Å². The third-order valence-corrected chi connectivity index (χ3v) is 4.31. The lowest BCUT2D eigenvalue weighted by molar-refractivity contribution is -0.127. The number of nitrogens with one attached hydrogen (secondary N) is 3. The SMILES string of the molecule is CCNC(=O)NC1(C(=O)NCC(N)C2CC2)CCCC1.Cl. The van der Waals surface area contributed by atoms with Crippen LogP contribution in [-0.2, 0) is 4.79 Å². The summed E-state index contributed by atoms with van der Waals surface area (Å²) in [5.41, 5.74) is 5.26. The number of carbonyl (C=O) groups excluding carboxylic acids is 2. The minimum Gasteiger partial charge on any atom is -0.352 e. The number of amides is 3. The minimum atomic E-state index is -0.747. The van der Waals surface area contributed by atoms with Gasteiger partial charge in [-0.3, -0.25) is 4.79 Å². The van der Waals surface area contributed by atoms with Gasteiger partial charge in [-0.2, -0.15) is 0 Å². The maximum Gasteiger partial charge on any atom is 0.315 e. The Hall–Kier alpha value is -1.01. The van der Waals surface area contributed by atoms with Crippen molar-refractivity contribution in [2.45, 2.75) is 57.0 Å². The van der Waals surface area contributed by atoms with Gasteiger partial charge in [-0.05, 0) is 38.5 Å². The molecule has 2 fully saturated rings. The summed E-state index contributed by atoms with van der Waals surface area (Å²) in [7, 11) is 0. The number of hydrogen-bond acceptors (Lipinski definition) is 3. The summed E-state index contributed by atoms with van der Waals surface area (Å²) in [5.74, 6) is 0.475. The lowest BCUT2D eigenvalue weighted by Crippen LogP contribution is -2.60. The summed E-state index contributed by atoms with van der Waals surface area (Å²) >= 11 is 0. The minimum absolute atomic E-state index is 0. The average Bonchev–Trinajstić information content (AvgIpc) is 3.17. The van der Waals surface area contributed by atoms with Crippen molar-refractivity contribution in [1.82, 2.24) is 16.0 Å². The molecule has 6 nitrogen and oxygen atoms in total. The van der Waals surface area contributed by atoms with Crippen LogP contribution in [0.1, 0.15) is 45.4 Å². The first-order chi connectivity index (χ1) is 9.57. The van der Waals surface area contributed by atoms with E-state index < -0.39 is 5.54 Å². The van der Waals surface area contributed by atoms with Crippen LogP contribution in [0.25, 0.3) is 0 Å². The van der Waals surface area contributed by atoms with Crippen molar-refractivity contribution in [1.29, 1.82) is 0 Å². The molecule has 0 aromatic heterocycles. The quantitative estimate of drug-likeness (QED) is 0.585. The van der Waals surface area contributed by atoms with E-state index in [4.69, 9.17) is 5.73 Å². The molecule has 1 unspecified atom stereocenters. The third kappa shape index (κ3) is 4.74. The largest absolute Gasteiger partial charge is 0.352 e. The molecule has 2 aliphatic carbocycles. The summed E-state index contributed by atoms with van der Waals surface area (Å²) in [6, 6.07) is -0.224. The highest BCUT2D eigenvalue weighted by Gasteiger charge is 2.42. The predicted octanol–water partition coefficient (Wildman–Crippen LogP) is 0.894. The number of carbonyl (C=O) groups is 2. The second-order valence-corrected chi connectivity index (χ2v) is 5.98. The average molecular weight is 319 g/mol. The molecular weight excluding hydrogens is 292 g/mol. The number of halogens is 1. The van der Waals surface area contributed by atoms with Gasteiger partial charge in [-0.15, -0.1) is 12.4 Å². The maximum absolute atomic E-state index is 12.4.